The Morgan fingerprint density at radius 2 is 2.00 bits per heavy atom. The SMILES string of the molecule is CCOc1cc(NCC(C)C)nc(C2CCCCC2)n1. The summed E-state index contributed by atoms with van der Waals surface area (Å²) in [5.74, 6) is 3.66. The van der Waals surface area contributed by atoms with Gasteiger partial charge in [-0.25, -0.2) is 4.98 Å². The number of hydrogen-bond acceptors (Lipinski definition) is 4. The highest BCUT2D eigenvalue weighted by molar-refractivity contribution is 5.39. The average Bonchev–Trinajstić information content (AvgIpc) is 2.46. The molecule has 0 radical (unpaired) electrons. The van der Waals surface area contributed by atoms with Crippen molar-refractivity contribution in [2.75, 3.05) is 18.5 Å². The summed E-state index contributed by atoms with van der Waals surface area (Å²) >= 11 is 0. The van der Waals surface area contributed by atoms with Gasteiger partial charge in [0.2, 0.25) is 5.88 Å². The highest BCUT2D eigenvalue weighted by Gasteiger charge is 2.19. The summed E-state index contributed by atoms with van der Waals surface area (Å²) < 4.78 is 5.59. The van der Waals surface area contributed by atoms with E-state index in [-0.39, 0.29) is 0 Å². The van der Waals surface area contributed by atoms with E-state index < -0.39 is 0 Å². The zero-order valence-electron chi connectivity index (χ0n) is 13.0. The number of aromatic nitrogens is 2. The largest absolute Gasteiger partial charge is 0.478 e. The lowest BCUT2D eigenvalue weighted by atomic mass is 9.89. The van der Waals surface area contributed by atoms with Crippen molar-refractivity contribution in [3.63, 3.8) is 0 Å². The predicted molar refractivity (Wildman–Crippen MR) is 82.4 cm³/mol. The Kier molecular flexibility index (Phi) is 5.62. The van der Waals surface area contributed by atoms with Gasteiger partial charge in [-0.2, -0.15) is 4.98 Å². The van der Waals surface area contributed by atoms with Crippen molar-refractivity contribution in [2.45, 2.75) is 58.8 Å². The van der Waals surface area contributed by atoms with Crippen LogP contribution in [0.15, 0.2) is 6.07 Å². The summed E-state index contributed by atoms with van der Waals surface area (Å²) in [7, 11) is 0. The first-order valence-corrected chi connectivity index (χ1v) is 7.94. The van der Waals surface area contributed by atoms with Crippen LogP contribution < -0.4 is 10.1 Å². The molecule has 0 saturated heterocycles. The zero-order valence-corrected chi connectivity index (χ0v) is 13.0. The lowest BCUT2D eigenvalue weighted by Gasteiger charge is -2.21. The first-order chi connectivity index (χ1) is 9.69. The van der Waals surface area contributed by atoms with Gasteiger partial charge in [0, 0.05) is 18.5 Å². The Balaban J connectivity index is 2.15. The standard InChI is InChI=1S/C16H27N3O/c1-4-20-15-10-14(17-11-12(2)3)18-16(19-15)13-8-6-5-7-9-13/h10,12-13H,4-9,11H2,1-3H3,(H,17,18,19). The Bertz CT molecular complexity index is 414. The first-order valence-electron chi connectivity index (χ1n) is 7.94. The molecule has 4 nitrogen and oxygen atoms in total. The van der Waals surface area contributed by atoms with Gasteiger partial charge in [0.1, 0.15) is 11.6 Å². The van der Waals surface area contributed by atoms with Crippen molar-refractivity contribution < 1.29 is 4.74 Å². The molecule has 1 aromatic rings. The average molecular weight is 277 g/mol. The minimum absolute atomic E-state index is 0.503. The van der Waals surface area contributed by atoms with Crippen LogP contribution in [0.2, 0.25) is 0 Å². The van der Waals surface area contributed by atoms with E-state index in [0.717, 1.165) is 18.2 Å². The molecule has 2 rings (SSSR count). The van der Waals surface area contributed by atoms with Crippen LogP contribution in [0, 0.1) is 5.92 Å². The third kappa shape index (κ3) is 4.36. The molecule has 1 aliphatic carbocycles. The molecule has 1 heterocycles. The quantitative estimate of drug-likeness (QED) is 0.854. The summed E-state index contributed by atoms with van der Waals surface area (Å²) in [5, 5.41) is 3.39. The van der Waals surface area contributed by atoms with Crippen molar-refractivity contribution >= 4 is 5.82 Å². The highest BCUT2D eigenvalue weighted by Crippen LogP contribution is 2.32. The van der Waals surface area contributed by atoms with Crippen LogP contribution in [0.4, 0.5) is 5.82 Å². The van der Waals surface area contributed by atoms with Gasteiger partial charge in [-0.1, -0.05) is 33.1 Å². The monoisotopic (exact) mass is 277 g/mol. The molecular formula is C16H27N3O. The van der Waals surface area contributed by atoms with Crippen LogP contribution in [0.5, 0.6) is 5.88 Å². The molecule has 0 amide bonds. The van der Waals surface area contributed by atoms with E-state index in [9.17, 15) is 0 Å². The van der Waals surface area contributed by atoms with E-state index in [1.165, 1.54) is 32.1 Å². The number of rotatable bonds is 6. The Labute approximate surface area is 122 Å². The smallest absolute Gasteiger partial charge is 0.218 e. The van der Waals surface area contributed by atoms with Crippen molar-refractivity contribution in [3.05, 3.63) is 11.9 Å². The first kappa shape index (κ1) is 15.1. The molecule has 1 N–H and O–H groups in total. The Hall–Kier alpha value is -1.32. The molecule has 0 bridgehead atoms. The maximum absolute atomic E-state index is 5.59. The van der Waals surface area contributed by atoms with Gasteiger partial charge >= 0.3 is 0 Å². The molecule has 0 aliphatic heterocycles. The van der Waals surface area contributed by atoms with Crippen molar-refractivity contribution in [2.24, 2.45) is 5.92 Å². The minimum atomic E-state index is 0.503. The molecule has 1 aromatic heterocycles. The van der Waals surface area contributed by atoms with E-state index in [2.05, 4.69) is 24.1 Å². The molecule has 0 aromatic carbocycles. The second-order valence-electron chi connectivity index (χ2n) is 5.99. The third-order valence-corrected chi connectivity index (χ3v) is 3.67. The molecule has 1 fully saturated rings. The molecule has 0 unspecified atom stereocenters. The fraction of sp³-hybridized carbons (Fsp3) is 0.750. The minimum Gasteiger partial charge on any atom is -0.478 e. The van der Waals surface area contributed by atoms with Crippen molar-refractivity contribution in [1.82, 2.24) is 9.97 Å². The number of ether oxygens (including phenoxy) is 1. The van der Waals surface area contributed by atoms with Crippen LogP contribution in [0.3, 0.4) is 0 Å². The van der Waals surface area contributed by atoms with Crippen LogP contribution in [-0.4, -0.2) is 23.1 Å². The molecule has 112 valence electrons. The number of nitrogens with zero attached hydrogens (tertiary/aromatic N) is 2. The van der Waals surface area contributed by atoms with Crippen LogP contribution in [0.25, 0.3) is 0 Å². The van der Waals surface area contributed by atoms with Gasteiger partial charge in [0.15, 0.2) is 0 Å². The highest BCUT2D eigenvalue weighted by atomic mass is 16.5. The predicted octanol–water partition coefficient (Wildman–Crippen LogP) is 3.99. The van der Waals surface area contributed by atoms with Gasteiger partial charge < -0.3 is 10.1 Å². The number of nitrogens with one attached hydrogen (secondary N) is 1. The maximum Gasteiger partial charge on any atom is 0.218 e. The molecular weight excluding hydrogens is 250 g/mol. The van der Waals surface area contributed by atoms with E-state index in [0.29, 0.717) is 24.3 Å². The Morgan fingerprint density at radius 1 is 1.25 bits per heavy atom. The zero-order chi connectivity index (χ0) is 14.4. The maximum atomic E-state index is 5.59. The van der Waals surface area contributed by atoms with Crippen LogP contribution in [-0.2, 0) is 0 Å². The topological polar surface area (TPSA) is 47.0 Å². The van der Waals surface area contributed by atoms with E-state index in [4.69, 9.17) is 9.72 Å². The second kappa shape index (κ2) is 7.46. The summed E-state index contributed by atoms with van der Waals surface area (Å²) in [6.07, 6.45) is 6.35. The van der Waals surface area contributed by atoms with Gasteiger partial charge in [0.05, 0.1) is 6.61 Å². The lowest BCUT2D eigenvalue weighted by molar-refractivity contribution is 0.322. The lowest BCUT2D eigenvalue weighted by Crippen LogP contribution is -2.14. The molecule has 4 heteroatoms. The van der Waals surface area contributed by atoms with Crippen molar-refractivity contribution in [3.8, 4) is 5.88 Å². The molecule has 0 atom stereocenters. The number of hydrogen-bond donors (Lipinski definition) is 1. The summed E-state index contributed by atoms with van der Waals surface area (Å²) in [6.45, 7) is 7.94. The van der Waals surface area contributed by atoms with Crippen LogP contribution in [0.1, 0.15) is 64.6 Å². The van der Waals surface area contributed by atoms with Gasteiger partial charge in [-0.3, -0.25) is 0 Å². The third-order valence-electron chi connectivity index (χ3n) is 3.67. The van der Waals surface area contributed by atoms with Gasteiger partial charge in [0.25, 0.3) is 0 Å². The van der Waals surface area contributed by atoms with Gasteiger partial charge in [-0.15, -0.1) is 0 Å². The van der Waals surface area contributed by atoms with E-state index >= 15 is 0 Å². The molecule has 20 heavy (non-hydrogen) atoms. The Morgan fingerprint density at radius 3 is 2.65 bits per heavy atom. The fourth-order valence-corrected chi connectivity index (χ4v) is 2.61. The second-order valence-corrected chi connectivity index (χ2v) is 5.99. The molecule has 1 aliphatic rings. The summed E-state index contributed by atoms with van der Waals surface area (Å²) in [4.78, 5) is 9.31. The van der Waals surface area contributed by atoms with Crippen LogP contribution >= 0.6 is 0 Å². The number of anilines is 1. The van der Waals surface area contributed by atoms with Crippen molar-refractivity contribution in [1.29, 1.82) is 0 Å². The fourth-order valence-electron chi connectivity index (χ4n) is 2.61. The van der Waals surface area contributed by atoms with E-state index in [1.807, 2.05) is 13.0 Å². The normalized spacial score (nSPS) is 16.4. The molecule has 1 saturated carbocycles. The van der Waals surface area contributed by atoms with Gasteiger partial charge in [-0.05, 0) is 25.7 Å². The summed E-state index contributed by atoms with van der Waals surface area (Å²) in [6, 6.07) is 1.91. The summed E-state index contributed by atoms with van der Waals surface area (Å²) in [5.41, 5.74) is 0. The van der Waals surface area contributed by atoms with E-state index in [1.54, 1.807) is 0 Å². The molecule has 0 spiro atoms.